The van der Waals surface area contributed by atoms with Gasteiger partial charge in [-0.3, -0.25) is 0 Å². The average Bonchev–Trinajstić information content (AvgIpc) is 2.88. The van der Waals surface area contributed by atoms with Crippen LogP contribution >= 0.6 is 15.9 Å². The molecule has 96 valence electrons. The number of rotatable bonds is 4. The molecule has 0 aliphatic heterocycles. The Morgan fingerprint density at radius 2 is 2.17 bits per heavy atom. The molecule has 4 heteroatoms. The van der Waals surface area contributed by atoms with E-state index in [0.29, 0.717) is 0 Å². The van der Waals surface area contributed by atoms with Gasteiger partial charge in [-0.25, -0.2) is 0 Å². The van der Waals surface area contributed by atoms with Gasteiger partial charge in [0.15, 0.2) is 0 Å². The average molecular weight is 310 g/mol. The second-order valence-corrected chi connectivity index (χ2v) is 4.93. The number of hydrogen-bond donors (Lipinski definition) is 1. The predicted molar refractivity (Wildman–Crippen MR) is 75.0 cm³/mol. The molecule has 1 aromatic heterocycles. The maximum absolute atomic E-state index is 5.48. The van der Waals surface area contributed by atoms with E-state index in [-0.39, 0.29) is 6.04 Å². The molecule has 2 rings (SSSR count). The standard InChI is InChI=1S/C14H16BrNO2/c1-9-7-13(17-3)10(8-11(9)15)14(16-2)12-5-4-6-18-12/h4-8,14,16H,1-3H3. The van der Waals surface area contributed by atoms with E-state index in [1.54, 1.807) is 13.4 Å². The van der Waals surface area contributed by atoms with Crippen LogP contribution in [0, 0.1) is 6.92 Å². The Bertz CT molecular complexity index is 523. The highest BCUT2D eigenvalue weighted by Gasteiger charge is 2.20. The van der Waals surface area contributed by atoms with Crippen LogP contribution in [0.15, 0.2) is 39.4 Å². The molecule has 0 amide bonds. The minimum Gasteiger partial charge on any atom is -0.496 e. The van der Waals surface area contributed by atoms with Crippen molar-refractivity contribution in [3.05, 3.63) is 51.9 Å². The fourth-order valence-electron chi connectivity index (χ4n) is 1.98. The van der Waals surface area contributed by atoms with Gasteiger partial charge in [-0.1, -0.05) is 15.9 Å². The van der Waals surface area contributed by atoms with Crippen LogP contribution < -0.4 is 10.1 Å². The first-order chi connectivity index (χ1) is 8.67. The van der Waals surface area contributed by atoms with Gasteiger partial charge in [-0.15, -0.1) is 0 Å². The van der Waals surface area contributed by atoms with Gasteiger partial charge in [-0.05, 0) is 43.8 Å². The highest BCUT2D eigenvalue weighted by Crippen LogP contribution is 2.34. The molecule has 2 aromatic rings. The largest absolute Gasteiger partial charge is 0.496 e. The van der Waals surface area contributed by atoms with E-state index in [9.17, 15) is 0 Å². The van der Waals surface area contributed by atoms with E-state index in [2.05, 4.69) is 27.3 Å². The molecule has 0 aliphatic carbocycles. The summed E-state index contributed by atoms with van der Waals surface area (Å²) < 4.78 is 12.0. The van der Waals surface area contributed by atoms with E-state index in [0.717, 1.165) is 27.1 Å². The van der Waals surface area contributed by atoms with E-state index < -0.39 is 0 Å². The maximum atomic E-state index is 5.48. The molecular formula is C14H16BrNO2. The third-order valence-electron chi connectivity index (χ3n) is 2.94. The van der Waals surface area contributed by atoms with Crippen LogP contribution in [0.25, 0.3) is 0 Å². The minimum atomic E-state index is -0.0214. The number of halogens is 1. The SMILES string of the molecule is CNC(c1ccco1)c1cc(Br)c(C)cc1OC. The van der Waals surface area contributed by atoms with Gasteiger partial charge in [0.2, 0.25) is 0 Å². The normalized spacial score (nSPS) is 12.4. The Morgan fingerprint density at radius 1 is 1.39 bits per heavy atom. The van der Waals surface area contributed by atoms with Crippen LogP contribution in [0.1, 0.15) is 22.9 Å². The second-order valence-electron chi connectivity index (χ2n) is 4.08. The van der Waals surface area contributed by atoms with Gasteiger partial charge >= 0.3 is 0 Å². The lowest BCUT2D eigenvalue weighted by Gasteiger charge is -2.18. The summed E-state index contributed by atoms with van der Waals surface area (Å²) in [6.45, 7) is 2.04. The van der Waals surface area contributed by atoms with Gasteiger partial charge < -0.3 is 14.5 Å². The third kappa shape index (κ3) is 2.44. The lowest BCUT2D eigenvalue weighted by atomic mass is 10.0. The number of furan rings is 1. The van der Waals surface area contributed by atoms with Gasteiger partial charge in [0.05, 0.1) is 19.4 Å². The summed E-state index contributed by atoms with van der Waals surface area (Å²) in [5.41, 5.74) is 2.19. The van der Waals surface area contributed by atoms with Crippen LogP contribution in [-0.4, -0.2) is 14.2 Å². The van der Waals surface area contributed by atoms with E-state index in [1.807, 2.05) is 32.2 Å². The molecule has 1 unspecified atom stereocenters. The zero-order valence-electron chi connectivity index (χ0n) is 10.7. The van der Waals surface area contributed by atoms with Crippen LogP contribution in [0.5, 0.6) is 5.75 Å². The molecule has 1 N–H and O–H groups in total. The van der Waals surface area contributed by atoms with E-state index in [1.165, 1.54) is 0 Å². The van der Waals surface area contributed by atoms with Crippen molar-refractivity contribution < 1.29 is 9.15 Å². The molecule has 0 saturated heterocycles. The smallest absolute Gasteiger partial charge is 0.125 e. The van der Waals surface area contributed by atoms with Crippen molar-refractivity contribution in [2.24, 2.45) is 0 Å². The van der Waals surface area contributed by atoms with Crippen LogP contribution in [-0.2, 0) is 0 Å². The second kappa shape index (κ2) is 5.59. The van der Waals surface area contributed by atoms with Gasteiger partial charge in [-0.2, -0.15) is 0 Å². The fraction of sp³-hybridized carbons (Fsp3) is 0.286. The van der Waals surface area contributed by atoms with Gasteiger partial charge in [0.25, 0.3) is 0 Å². The Labute approximate surface area is 115 Å². The first kappa shape index (κ1) is 13.2. The van der Waals surface area contributed by atoms with E-state index >= 15 is 0 Å². The molecule has 18 heavy (non-hydrogen) atoms. The molecule has 0 radical (unpaired) electrons. The quantitative estimate of drug-likeness (QED) is 0.935. The van der Waals surface area contributed by atoms with Crippen molar-refractivity contribution in [2.45, 2.75) is 13.0 Å². The van der Waals surface area contributed by atoms with Crippen LogP contribution in [0.2, 0.25) is 0 Å². The Hall–Kier alpha value is -1.26. The summed E-state index contributed by atoms with van der Waals surface area (Å²) in [5, 5.41) is 3.25. The minimum absolute atomic E-state index is 0.0214. The Kier molecular flexibility index (Phi) is 4.09. The molecule has 0 spiro atoms. The maximum Gasteiger partial charge on any atom is 0.125 e. The zero-order chi connectivity index (χ0) is 13.1. The molecule has 0 aliphatic rings. The number of aryl methyl sites for hydroxylation is 1. The summed E-state index contributed by atoms with van der Waals surface area (Å²) in [5.74, 6) is 1.72. The molecule has 3 nitrogen and oxygen atoms in total. The number of methoxy groups -OCH3 is 1. The van der Waals surface area contributed by atoms with Crippen LogP contribution in [0.3, 0.4) is 0 Å². The van der Waals surface area contributed by atoms with Crippen LogP contribution in [0.4, 0.5) is 0 Å². The zero-order valence-corrected chi connectivity index (χ0v) is 12.2. The van der Waals surface area contributed by atoms with Crippen molar-refractivity contribution >= 4 is 15.9 Å². The fourth-order valence-corrected chi connectivity index (χ4v) is 2.34. The topological polar surface area (TPSA) is 34.4 Å². The first-order valence-corrected chi connectivity index (χ1v) is 6.51. The Morgan fingerprint density at radius 3 is 2.72 bits per heavy atom. The van der Waals surface area contributed by atoms with E-state index in [4.69, 9.17) is 9.15 Å². The van der Waals surface area contributed by atoms with Crippen molar-refractivity contribution in [1.82, 2.24) is 5.32 Å². The molecule has 0 fully saturated rings. The molecule has 1 heterocycles. The van der Waals surface area contributed by atoms with Crippen molar-refractivity contribution in [2.75, 3.05) is 14.2 Å². The summed E-state index contributed by atoms with van der Waals surface area (Å²) in [6.07, 6.45) is 1.68. The number of nitrogens with one attached hydrogen (secondary N) is 1. The van der Waals surface area contributed by atoms with Crippen molar-refractivity contribution in [3.63, 3.8) is 0 Å². The summed E-state index contributed by atoms with van der Waals surface area (Å²) >= 11 is 3.56. The number of ether oxygens (including phenoxy) is 1. The lowest BCUT2D eigenvalue weighted by molar-refractivity contribution is 0.396. The molecule has 0 saturated carbocycles. The third-order valence-corrected chi connectivity index (χ3v) is 3.79. The summed E-state index contributed by atoms with van der Waals surface area (Å²) in [4.78, 5) is 0. The van der Waals surface area contributed by atoms with Crippen molar-refractivity contribution in [3.8, 4) is 5.75 Å². The molecule has 0 bridgehead atoms. The molecule has 1 atom stereocenters. The van der Waals surface area contributed by atoms with Gasteiger partial charge in [0.1, 0.15) is 11.5 Å². The lowest BCUT2D eigenvalue weighted by Crippen LogP contribution is -2.18. The number of hydrogen-bond acceptors (Lipinski definition) is 3. The predicted octanol–water partition coefficient (Wildman–Crippen LogP) is 3.67. The monoisotopic (exact) mass is 309 g/mol. The number of benzene rings is 1. The molecule has 1 aromatic carbocycles. The summed E-state index contributed by atoms with van der Waals surface area (Å²) in [6, 6.07) is 7.90. The first-order valence-electron chi connectivity index (χ1n) is 5.72. The van der Waals surface area contributed by atoms with Gasteiger partial charge in [0, 0.05) is 10.0 Å². The highest BCUT2D eigenvalue weighted by molar-refractivity contribution is 9.10. The summed E-state index contributed by atoms with van der Waals surface area (Å²) in [7, 11) is 3.58. The highest BCUT2D eigenvalue weighted by atomic mass is 79.9. The van der Waals surface area contributed by atoms with Crippen molar-refractivity contribution in [1.29, 1.82) is 0 Å². The Balaban J connectivity index is 2.51. The molecular weight excluding hydrogens is 294 g/mol.